The van der Waals surface area contributed by atoms with Gasteiger partial charge in [0.15, 0.2) is 0 Å². The van der Waals surface area contributed by atoms with E-state index in [1.165, 1.54) is 13.4 Å². The molecule has 8 heteroatoms. The molecule has 8 nitrogen and oxygen atoms in total. The van der Waals surface area contributed by atoms with Crippen LogP contribution in [0.3, 0.4) is 0 Å². The standard InChI is InChI=1S/C12H20N4O4/c1-4-8(5-2)9(17)6-13-11-10(16(18)19)12(20-3)15-7-14-11/h7-9,17H,4-6H2,1-3H3,(H,13,14,15). The number of nitrogens with zero attached hydrogens (tertiary/aromatic N) is 3. The molecule has 0 aliphatic heterocycles. The van der Waals surface area contributed by atoms with Gasteiger partial charge in [0.2, 0.25) is 5.82 Å². The smallest absolute Gasteiger partial charge is 0.372 e. The number of nitro groups is 1. The predicted molar refractivity (Wildman–Crippen MR) is 73.8 cm³/mol. The predicted octanol–water partition coefficient (Wildman–Crippen LogP) is 1.60. The van der Waals surface area contributed by atoms with Crippen LogP contribution in [0.4, 0.5) is 11.5 Å². The zero-order valence-corrected chi connectivity index (χ0v) is 11.9. The highest BCUT2D eigenvalue weighted by atomic mass is 16.6. The van der Waals surface area contributed by atoms with Gasteiger partial charge in [-0.05, 0) is 5.92 Å². The average Bonchev–Trinajstić information content (AvgIpc) is 2.45. The van der Waals surface area contributed by atoms with Crippen molar-refractivity contribution < 1.29 is 14.8 Å². The molecule has 0 aliphatic rings. The van der Waals surface area contributed by atoms with Gasteiger partial charge in [-0.3, -0.25) is 10.1 Å². The Kier molecular flexibility index (Phi) is 6.10. The lowest BCUT2D eigenvalue weighted by Crippen LogP contribution is -2.28. The molecule has 1 atom stereocenters. The van der Waals surface area contributed by atoms with Gasteiger partial charge in [-0.15, -0.1) is 0 Å². The maximum Gasteiger partial charge on any atom is 0.372 e. The zero-order chi connectivity index (χ0) is 15.1. The zero-order valence-electron chi connectivity index (χ0n) is 11.9. The minimum absolute atomic E-state index is 0.0480. The number of hydrogen-bond donors (Lipinski definition) is 2. The molecule has 0 aromatic carbocycles. The van der Waals surface area contributed by atoms with Crippen molar-refractivity contribution in [3.05, 3.63) is 16.4 Å². The molecule has 0 bridgehead atoms. The highest BCUT2D eigenvalue weighted by molar-refractivity contribution is 5.61. The summed E-state index contributed by atoms with van der Waals surface area (Å²) in [6, 6.07) is 0. The Hall–Kier alpha value is -1.96. The monoisotopic (exact) mass is 284 g/mol. The molecule has 0 saturated carbocycles. The molecule has 0 fully saturated rings. The third kappa shape index (κ3) is 3.77. The number of aromatic nitrogens is 2. The summed E-state index contributed by atoms with van der Waals surface area (Å²) >= 11 is 0. The SMILES string of the molecule is CCC(CC)C(O)CNc1ncnc(OC)c1[N+](=O)[O-]. The van der Waals surface area contributed by atoms with Crippen molar-refractivity contribution in [3.63, 3.8) is 0 Å². The van der Waals surface area contributed by atoms with Crippen LogP contribution in [-0.2, 0) is 0 Å². The lowest BCUT2D eigenvalue weighted by molar-refractivity contribution is -0.385. The molecule has 1 heterocycles. The van der Waals surface area contributed by atoms with Crippen molar-refractivity contribution >= 4 is 11.5 Å². The first-order valence-corrected chi connectivity index (χ1v) is 6.50. The highest BCUT2D eigenvalue weighted by Gasteiger charge is 2.25. The molecule has 0 aliphatic carbocycles. The number of ether oxygens (including phenoxy) is 1. The number of aliphatic hydroxyl groups is 1. The molecule has 0 amide bonds. The van der Waals surface area contributed by atoms with Crippen LogP contribution in [0.15, 0.2) is 6.33 Å². The van der Waals surface area contributed by atoms with Crippen LogP contribution in [0, 0.1) is 16.0 Å². The fourth-order valence-corrected chi connectivity index (χ4v) is 2.01. The Labute approximate surface area is 117 Å². The minimum Gasteiger partial charge on any atom is -0.476 e. The molecule has 112 valence electrons. The molecule has 1 aromatic heterocycles. The van der Waals surface area contributed by atoms with Gasteiger partial charge in [-0.25, -0.2) is 4.98 Å². The molecular formula is C12H20N4O4. The topological polar surface area (TPSA) is 110 Å². The number of aliphatic hydroxyl groups excluding tert-OH is 1. The van der Waals surface area contributed by atoms with E-state index in [9.17, 15) is 15.2 Å². The molecular weight excluding hydrogens is 264 g/mol. The number of methoxy groups -OCH3 is 1. The minimum atomic E-state index is -0.606. The van der Waals surface area contributed by atoms with Gasteiger partial charge in [0, 0.05) is 6.54 Å². The van der Waals surface area contributed by atoms with Crippen LogP contribution in [0.5, 0.6) is 5.88 Å². The van der Waals surface area contributed by atoms with E-state index in [0.717, 1.165) is 12.8 Å². The van der Waals surface area contributed by atoms with E-state index in [1.54, 1.807) is 0 Å². The van der Waals surface area contributed by atoms with E-state index >= 15 is 0 Å². The van der Waals surface area contributed by atoms with Crippen LogP contribution in [-0.4, -0.2) is 39.8 Å². The molecule has 2 N–H and O–H groups in total. The van der Waals surface area contributed by atoms with Gasteiger partial charge in [0.05, 0.1) is 18.1 Å². The number of rotatable bonds is 8. The van der Waals surface area contributed by atoms with Crippen molar-refractivity contribution in [2.75, 3.05) is 19.0 Å². The van der Waals surface area contributed by atoms with Gasteiger partial charge in [0.25, 0.3) is 5.88 Å². The van der Waals surface area contributed by atoms with Crippen molar-refractivity contribution in [2.45, 2.75) is 32.8 Å². The van der Waals surface area contributed by atoms with Gasteiger partial charge in [-0.2, -0.15) is 4.98 Å². The number of hydrogen-bond acceptors (Lipinski definition) is 7. The van der Waals surface area contributed by atoms with Crippen LogP contribution in [0.2, 0.25) is 0 Å². The summed E-state index contributed by atoms with van der Waals surface area (Å²) in [5, 5.41) is 23.9. The van der Waals surface area contributed by atoms with Crippen molar-refractivity contribution in [2.24, 2.45) is 5.92 Å². The maximum absolute atomic E-state index is 11.0. The quantitative estimate of drug-likeness (QED) is 0.551. The third-order valence-corrected chi connectivity index (χ3v) is 3.24. The molecule has 20 heavy (non-hydrogen) atoms. The summed E-state index contributed by atoms with van der Waals surface area (Å²) in [5.74, 6) is 0.0849. The lowest BCUT2D eigenvalue weighted by atomic mass is 9.96. The van der Waals surface area contributed by atoms with E-state index in [-0.39, 0.29) is 29.8 Å². The number of nitrogens with one attached hydrogen (secondary N) is 1. The summed E-state index contributed by atoms with van der Waals surface area (Å²) in [6.45, 7) is 4.18. The van der Waals surface area contributed by atoms with Crippen LogP contribution >= 0.6 is 0 Å². The first kappa shape index (κ1) is 16.1. The summed E-state index contributed by atoms with van der Waals surface area (Å²) in [7, 11) is 1.30. The summed E-state index contributed by atoms with van der Waals surface area (Å²) in [5.41, 5.74) is -0.327. The Balaban J connectivity index is 2.85. The van der Waals surface area contributed by atoms with Gasteiger partial charge >= 0.3 is 5.69 Å². The largest absolute Gasteiger partial charge is 0.476 e. The van der Waals surface area contributed by atoms with Crippen molar-refractivity contribution in [3.8, 4) is 5.88 Å². The second-order valence-electron chi connectivity index (χ2n) is 4.36. The second-order valence-corrected chi connectivity index (χ2v) is 4.36. The Morgan fingerprint density at radius 3 is 2.60 bits per heavy atom. The first-order chi connectivity index (χ1) is 9.54. The van der Waals surface area contributed by atoms with Crippen molar-refractivity contribution in [1.82, 2.24) is 9.97 Å². The van der Waals surface area contributed by atoms with Crippen LogP contribution < -0.4 is 10.1 Å². The Bertz CT molecular complexity index is 451. The molecule has 0 saturated heterocycles. The third-order valence-electron chi connectivity index (χ3n) is 3.24. The molecule has 1 rings (SSSR count). The second kappa shape index (κ2) is 7.59. The van der Waals surface area contributed by atoms with E-state index in [4.69, 9.17) is 4.74 Å². The normalized spacial score (nSPS) is 12.2. The first-order valence-electron chi connectivity index (χ1n) is 6.50. The molecule has 1 aromatic rings. The average molecular weight is 284 g/mol. The van der Waals surface area contributed by atoms with Gasteiger partial charge in [0.1, 0.15) is 6.33 Å². The van der Waals surface area contributed by atoms with Gasteiger partial charge in [-0.1, -0.05) is 26.7 Å². The maximum atomic E-state index is 11.0. The summed E-state index contributed by atoms with van der Waals surface area (Å²) in [6.07, 6.45) is 2.27. The van der Waals surface area contributed by atoms with E-state index in [2.05, 4.69) is 15.3 Å². The fraction of sp³-hybridized carbons (Fsp3) is 0.667. The molecule has 0 radical (unpaired) electrons. The lowest BCUT2D eigenvalue weighted by Gasteiger charge is -2.20. The summed E-state index contributed by atoms with van der Waals surface area (Å²) < 4.78 is 4.85. The van der Waals surface area contributed by atoms with E-state index in [0.29, 0.717) is 0 Å². The van der Waals surface area contributed by atoms with Gasteiger partial charge < -0.3 is 15.2 Å². The number of anilines is 1. The fourth-order valence-electron chi connectivity index (χ4n) is 2.01. The molecule has 1 unspecified atom stereocenters. The molecule has 0 spiro atoms. The van der Waals surface area contributed by atoms with Crippen molar-refractivity contribution in [1.29, 1.82) is 0 Å². The van der Waals surface area contributed by atoms with E-state index < -0.39 is 11.0 Å². The Morgan fingerprint density at radius 1 is 1.45 bits per heavy atom. The Morgan fingerprint density at radius 2 is 2.10 bits per heavy atom. The summed E-state index contributed by atoms with van der Waals surface area (Å²) in [4.78, 5) is 18.0. The highest BCUT2D eigenvalue weighted by Crippen LogP contribution is 2.30. The van der Waals surface area contributed by atoms with E-state index in [1.807, 2.05) is 13.8 Å². The van der Waals surface area contributed by atoms with Crippen LogP contribution in [0.25, 0.3) is 0 Å². The van der Waals surface area contributed by atoms with Crippen LogP contribution in [0.1, 0.15) is 26.7 Å².